The molecule has 2 heteroatoms. The molecule has 0 radical (unpaired) electrons. The minimum atomic E-state index is 0.448. The highest BCUT2D eigenvalue weighted by Crippen LogP contribution is 2.26. The molecule has 1 fully saturated rings. The van der Waals surface area contributed by atoms with E-state index in [9.17, 15) is 0 Å². The first-order chi connectivity index (χ1) is 7.20. The van der Waals surface area contributed by atoms with Crippen LogP contribution in [0.3, 0.4) is 0 Å². The molecule has 0 amide bonds. The quantitative estimate of drug-likeness (QED) is 0.660. The fourth-order valence-corrected chi connectivity index (χ4v) is 2.35. The first-order valence-corrected chi connectivity index (χ1v) is 6.53. The smallest absolute Gasteiger partial charge is 0.0469 e. The standard InChI is InChI=1S/C13H27NO/c1-11(2)5-4-9-15-10-8-12-6-3-7-13(12)14/h11-13H,3-10,14H2,1-2H3. The van der Waals surface area contributed by atoms with Crippen LogP contribution in [-0.2, 0) is 4.74 Å². The van der Waals surface area contributed by atoms with Gasteiger partial charge in [0.05, 0.1) is 0 Å². The minimum absolute atomic E-state index is 0.448. The van der Waals surface area contributed by atoms with Crippen LogP contribution in [0.1, 0.15) is 52.4 Å². The Morgan fingerprint density at radius 2 is 2.07 bits per heavy atom. The van der Waals surface area contributed by atoms with Crippen molar-refractivity contribution < 1.29 is 4.74 Å². The first kappa shape index (κ1) is 13.0. The lowest BCUT2D eigenvalue weighted by Crippen LogP contribution is -2.25. The van der Waals surface area contributed by atoms with Gasteiger partial charge in [0, 0.05) is 19.3 Å². The van der Waals surface area contributed by atoms with Gasteiger partial charge in [0.2, 0.25) is 0 Å². The summed E-state index contributed by atoms with van der Waals surface area (Å²) in [5.41, 5.74) is 6.00. The monoisotopic (exact) mass is 213 g/mol. The zero-order valence-electron chi connectivity index (χ0n) is 10.4. The average Bonchev–Trinajstić information content (AvgIpc) is 2.57. The van der Waals surface area contributed by atoms with E-state index in [1.807, 2.05) is 0 Å². The number of rotatable bonds is 7. The van der Waals surface area contributed by atoms with Crippen molar-refractivity contribution in [3.63, 3.8) is 0 Å². The fourth-order valence-electron chi connectivity index (χ4n) is 2.35. The van der Waals surface area contributed by atoms with Gasteiger partial charge in [-0.05, 0) is 43.9 Å². The highest BCUT2D eigenvalue weighted by atomic mass is 16.5. The van der Waals surface area contributed by atoms with Crippen molar-refractivity contribution in [2.75, 3.05) is 13.2 Å². The molecular formula is C13H27NO. The van der Waals surface area contributed by atoms with E-state index in [1.165, 1.54) is 38.5 Å². The Hall–Kier alpha value is -0.0800. The topological polar surface area (TPSA) is 35.2 Å². The van der Waals surface area contributed by atoms with Crippen LogP contribution in [0.15, 0.2) is 0 Å². The maximum absolute atomic E-state index is 6.00. The van der Waals surface area contributed by atoms with Gasteiger partial charge in [0.1, 0.15) is 0 Å². The van der Waals surface area contributed by atoms with E-state index in [0.717, 1.165) is 25.0 Å². The van der Waals surface area contributed by atoms with Crippen molar-refractivity contribution >= 4 is 0 Å². The third-order valence-electron chi connectivity index (χ3n) is 3.42. The van der Waals surface area contributed by atoms with Gasteiger partial charge in [-0.1, -0.05) is 20.3 Å². The Kier molecular flexibility index (Phi) is 6.26. The van der Waals surface area contributed by atoms with Crippen LogP contribution < -0.4 is 5.73 Å². The Labute approximate surface area is 94.6 Å². The zero-order chi connectivity index (χ0) is 11.1. The molecule has 0 aromatic heterocycles. The van der Waals surface area contributed by atoms with Crippen LogP contribution in [0.4, 0.5) is 0 Å². The van der Waals surface area contributed by atoms with Gasteiger partial charge in [-0.25, -0.2) is 0 Å². The van der Waals surface area contributed by atoms with Gasteiger partial charge < -0.3 is 10.5 Å². The highest BCUT2D eigenvalue weighted by Gasteiger charge is 2.22. The molecule has 15 heavy (non-hydrogen) atoms. The van der Waals surface area contributed by atoms with Crippen molar-refractivity contribution in [3.05, 3.63) is 0 Å². The average molecular weight is 213 g/mol. The lowest BCUT2D eigenvalue weighted by molar-refractivity contribution is 0.113. The van der Waals surface area contributed by atoms with E-state index in [-0.39, 0.29) is 0 Å². The van der Waals surface area contributed by atoms with Crippen molar-refractivity contribution in [1.82, 2.24) is 0 Å². The third-order valence-corrected chi connectivity index (χ3v) is 3.42. The largest absolute Gasteiger partial charge is 0.381 e. The van der Waals surface area contributed by atoms with Crippen LogP contribution >= 0.6 is 0 Å². The second kappa shape index (κ2) is 7.24. The summed E-state index contributed by atoms with van der Waals surface area (Å²) in [5.74, 6) is 1.53. The van der Waals surface area contributed by atoms with Crippen molar-refractivity contribution in [1.29, 1.82) is 0 Å². The summed E-state index contributed by atoms with van der Waals surface area (Å²) < 4.78 is 5.64. The van der Waals surface area contributed by atoms with Crippen molar-refractivity contribution in [3.8, 4) is 0 Å². The Morgan fingerprint density at radius 1 is 1.27 bits per heavy atom. The molecule has 0 aliphatic heterocycles. The van der Waals surface area contributed by atoms with Crippen LogP contribution in [-0.4, -0.2) is 19.3 Å². The van der Waals surface area contributed by atoms with E-state index in [4.69, 9.17) is 10.5 Å². The van der Waals surface area contributed by atoms with Gasteiger partial charge in [-0.2, -0.15) is 0 Å². The SMILES string of the molecule is CC(C)CCCOCCC1CCCC1N. The summed E-state index contributed by atoms with van der Waals surface area (Å²) in [7, 11) is 0. The zero-order valence-corrected chi connectivity index (χ0v) is 10.4. The van der Waals surface area contributed by atoms with E-state index in [2.05, 4.69) is 13.8 Å². The van der Waals surface area contributed by atoms with E-state index in [1.54, 1.807) is 0 Å². The predicted molar refractivity (Wildman–Crippen MR) is 64.8 cm³/mol. The van der Waals surface area contributed by atoms with Gasteiger partial charge in [0.15, 0.2) is 0 Å². The Balaban J connectivity index is 1.88. The maximum Gasteiger partial charge on any atom is 0.0469 e. The molecule has 1 rings (SSSR count). The van der Waals surface area contributed by atoms with Crippen molar-refractivity contribution in [2.24, 2.45) is 17.6 Å². The second-order valence-corrected chi connectivity index (χ2v) is 5.29. The summed E-state index contributed by atoms with van der Waals surface area (Å²) in [6.07, 6.45) is 7.51. The van der Waals surface area contributed by atoms with Gasteiger partial charge in [-0.15, -0.1) is 0 Å². The lowest BCUT2D eigenvalue weighted by Gasteiger charge is -2.15. The highest BCUT2D eigenvalue weighted by molar-refractivity contribution is 4.79. The molecule has 1 aliphatic carbocycles. The molecule has 0 bridgehead atoms. The van der Waals surface area contributed by atoms with E-state index >= 15 is 0 Å². The van der Waals surface area contributed by atoms with Gasteiger partial charge in [0.25, 0.3) is 0 Å². The molecule has 2 N–H and O–H groups in total. The van der Waals surface area contributed by atoms with Crippen LogP contribution in [0.25, 0.3) is 0 Å². The number of hydrogen-bond acceptors (Lipinski definition) is 2. The third kappa shape index (κ3) is 5.53. The molecule has 1 saturated carbocycles. The summed E-state index contributed by atoms with van der Waals surface area (Å²) >= 11 is 0. The lowest BCUT2D eigenvalue weighted by atomic mass is 10.0. The molecule has 2 atom stereocenters. The van der Waals surface area contributed by atoms with E-state index < -0.39 is 0 Å². The molecule has 2 nitrogen and oxygen atoms in total. The molecule has 0 aromatic rings. The van der Waals surface area contributed by atoms with Gasteiger partial charge in [-0.3, -0.25) is 0 Å². The molecule has 0 saturated heterocycles. The first-order valence-electron chi connectivity index (χ1n) is 6.53. The predicted octanol–water partition coefficient (Wildman–Crippen LogP) is 2.96. The Morgan fingerprint density at radius 3 is 2.67 bits per heavy atom. The second-order valence-electron chi connectivity index (χ2n) is 5.29. The molecule has 0 aromatic carbocycles. The number of hydrogen-bond donors (Lipinski definition) is 1. The van der Waals surface area contributed by atoms with E-state index in [0.29, 0.717) is 6.04 Å². The molecule has 90 valence electrons. The normalized spacial score (nSPS) is 26.4. The van der Waals surface area contributed by atoms with Crippen LogP contribution in [0.2, 0.25) is 0 Å². The molecular weight excluding hydrogens is 186 g/mol. The Bertz CT molecular complexity index is 159. The van der Waals surface area contributed by atoms with Crippen LogP contribution in [0, 0.1) is 11.8 Å². The molecule has 2 unspecified atom stereocenters. The molecule has 0 spiro atoms. The minimum Gasteiger partial charge on any atom is -0.381 e. The van der Waals surface area contributed by atoms with Crippen molar-refractivity contribution in [2.45, 2.75) is 58.4 Å². The molecule has 1 aliphatic rings. The van der Waals surface area contributed by atoms with Gasteiger partial charge >= 0.3 is 0 Å². The maximum atomic E-state index is 6.00. The fraction of sp³-hybridized carbons (Fsp3) is 1.00. The van der Waals surface area contributed by atoms with Crippen LogP contribution in [0.5, 0.6) is 0 Å². The summed E-state index contributed by atoms with van der Waals surface area (Å²) in [5, 5.41) is 0. The molecule has 0 heterocycles. The summed E-state index contributed by atoms with van der Waals surface area (Å²) in [6, 6.07) is 0.448. The summed E-state index contributed by atoms with van der Waals surface area (Å²) in [4.78, 5) is 0. The number of ether oxygens (including phenoxy) is 1. The number of nitrogens with two attached hydrogens (primary N) is 1. The summed E-state index contributed by atoms with van der Waals surface area (Å²) in [6.45, 7) is 6.37.